The van der Waals surface area contributed by atoms with Crippen molar-refractivity contribution in [2.75, 3.05) is 31.4 Å². The second-order valence-electron chi connectivity index (χ2n) is 6.78. The molecule has 0 aliphatic rings. The molecule has 0 radical (unpaired) electrons. The van der Waals surface area contributed by atoms with E-state index >= 15 is 0 Å². The summed E-state index contributed by atoms with van der Waals surface area (Å²) in [4.78, 5) is 17.8. The van der Waals surface area contributed by atoms with E-state index in [2.05, 4.69) is 25.7 Å². The zero-order valence-electron chi connectivity index (χ0n) is 16.6. The van der Waals surface area contributed by atoms with Gasteiger partial charge in [-0.1, -0.05) is 12.1 Å². The van der Waals surface area contributed by atoms with E-state index in [1.54, 1.807) is 43.3 Å². The molecule has 2 aromatic heterocycles. The predicted molar refractivity (Wildman–Crippen MR) is 110 cm³/mol. The third-order valence-electron chi connectivity index (χ3n) is 4.59. The van der Waals surface area contributed by atoms with Crippen LogP contribution in [-0.4, -0.2) is 52.6 Å². The number of rotatable bonds is 6. The number of benzene rings is 2. The molecule has 4 aromatic rings. The summed E-state index contributed by atoms with van der Waals surface area (Å²) < 4.78 is 10.0. The van der Waals surface area contributed by atoms with Gasteiger partial charge in [0.05, 0.1) is 18.2 Å². The van der Waals surface area contributed by atoms with Gasteiger partial charge in [-0.15, -0.1) is 0 Å². The topological polar surface area (TPSA) is 129 Å². The van der Waals surface area contributed by atoms with Crippen LogP contribution in [-0.2, 0) is 11.3 Å². The van der Waals surface area contributed by atoms with E-state index in [0.29, 0.717) is 29.0 Å². The first-order valence-electron chi connectivity index (χ1n) is 9.10. The number of methoxy groups -OCH3 is 1. The first kappa shape index (κ1) is 19.2. The quantitative estimate of drug-likeness (QED) is 0.412. The maximum atomic E-state index is 11.9. The van der Waals surface area contributed by atoms with Gasteiger partial charge in [-0.25, -0.2) is 4.79 Å². The summed E-state index contributed by atoms with van der Waals surface area (Å²) in [6.07, 6.45) is 0. The van der Waals surface area contributed by atoms with Crippen molar-refractivity contribution < 1.29 is 19.2 Å². The Kier molecular flexibility index (Phi) is 4.97. The highest BCUT2D eigenvalue weighted by Gasteiger charge is 2.17. The van der Waals surface area contributed by atoms with Gasteiger partial charge in [0.25, 0.3) is 11.8 Å². The SMILES string of the molecule is COC(=O)c1n[nH]c2ccc(NCc3cccc(-c4nc(N(C)C)no4)c3O)cc12. The molecule has 0 spiro atoms. The molecule has 3 N–H and O–H groups in total. The molecule has 0 aliphatic heterocycles. The Hall–Kier alpha value is -4.08. The maximum absolute atomic E-state index is 11.9. The predicted octanol–water partition coefficient (Wildman–Crippen LogP) is 2.78. The van der Waals surface area contributed by atoms with Gasteiger partial charge in [0.2, 0.25) is 0 Å². The number of aromatic nitrogens is 4. The number of para-hydroxylation sites is 1. The largest absolute Gasteiger partial charge is 0.507 e. The number of ether oxygens (including phenoxy) is 1. The molecular formula is C20H20N6O4. The number of hydrogen-bond acceptors (Lipinski definition) is 9. The first-order valence-corrected chi connectivity index (χ1v) is 9.10. The number of esters is 1. The molecule has 0 saturated carbocycles. The highest BCUT2D eigenvalue weighted by atomic mass is 16.5. The molecule has 4 rings (SSSR count). The van der Waals surface area contributed by atoms with Crippen LogP contribution < -0.4 is 10.2 Å². The number of phenolic OH excluding ortho intramolecular Hbond substituents is 1. The number of fused-ring (bicyclic) bond motifs is 1. The summed E-state index contributed by atoms with van der Waals surface area (Å²) in [7, 11) is 4.92. The van der Waals surface area contributed by atoms with Gasteiger partial charge in [-0.3, -0.25) is 5.10 Å². The first-order chi connectivity index (χ1) is 14.5. The number of phenols is 1. The number of carbonyl (C=O) groups excluding carboxylic acids is 1. The molecule has 0 atom stereocenters. The zero-order valence-corrected chi connectivity index (χ0v) is 16.6. The van der Waals surface area contributed by atoms with E-state index in [9.17, 15) is 9.90 Å². The standard InChI is InChI=1S/C20H20N6O4/c1-26(2)20-22-18(30-25-20)13-6-4-5-11(17(13)27)10-21-12-7-8-15-14(9-12)16(24-23-15)19(28)29-3/h4-9,21,27H,10H2,1-3H3,(H,23,24). The van der Waals surface area contributed by atoms with Gasteiger partial charge in [-0.2, -0.15) is 10.1 Å². The molecule has 0 aliphatic carbocycles. The van der Waals surface area contributed by atoms with E-state index < -0.39 is 5.97 Å². The fourth-order valence-electron chi connectivity index (χ4n) is 2.99. The Morgan fingerprint density at radius 3 is 2.87 bits per heavy atom. The van der Waals surface area contributed by atoms with E-state index in [4.69, 9.17) is 9.26 Å². The average molecular weight is 408 g/mol. The molecule has 0 saturated heterocycles. The lowest BCUT2D eigenvalue weighted by Gasteiger charge is -2.10. The van der Waals surface area contributed by atoms with Crippen molar-refractivity contribution in [3.63, 3.8) is 0 Å². The second kappa shape index (κ2) is 7.74. The van der Waals surface area contributed by atoms with Crippen molar-refractivity contribution >= 4 is 28.5 Å². The number of aromatic hydroxyl groups is 1. The van der Waals surface area contributed by atoms with Crippen LogP contribution in [0.5, 0.6) is 5.75 Å². The highest BCUT2D eigenvalue weighted by molar-refractivity contribution is 6.02. The van der Waals surface area contributed by atoms with Crippen molar-refractivity contribution in [3.8, 4) is 17.2 Å². The molecule has 10 nitrogen and oxygen atoms in total. The van der Waals surface area contributed by atoms with Gasteiger partial charge in [0.15, 0.2) is 5.69 Å². The molecular weight excluding hydrogens is 388 g/mol. The van der Waals surface area contributed by atoms with Gasteiger partial charge in [0.1, 0.15) is 5.75 Å². The van der Waals surface area contributed by atoms with Crippen LogP contribution in [0.15, 0.2) is 40.9 Å². The van der Waals surface area contributed by atoms with Crippen molar-refractivity contribution in [3.05, 3.63) is 47.7 Å². The molecule has 0 unspecified atom stereocenters. The number of nitrogens with one attached hydrogen (secondary N) is 2. The van der Waals surface area contributed by atoms with Crippen LogP contribution >= 0.6 is 0 Å². The number of aromatic amines is 1. The van der Waals surface area contributed by atoms with Crippen LogP contribution in [0.3, 0.4) is 0 Å². The van der Waals surface area contributed by atoms with E-state index in [0.717, 1.165) is 11.2 Å². The van der Waals surface area contributed by atoms with Crippen LogP contribution in [0.2, 0.25) is 0 Å². The summed E-state index contributed by atoms with van der Waals surface area (Å²) in [5.41, 5.74) is 2.80. The van der Waals surface area contributed by atoms with Crippen LogP contribution in [0.1, 0.15) is 16.1 Å². The van der Waals surface area contributed by atoms with Crippen LogP contribution in [0.25, 0.3) is 22.4 Å². The zero-order chi connectivity index (χ0) is 21.3. The van der Waals surface area contributed by atoms with E-state index in [1.165, 1.54) is 7.11 Å². The molecule has 10 heteroatoms. The van der Waals surface area contributed by atoms with Gasteiger partial charge >= 0.3 is 5.97 Å². The lowest BCUT2D eigenvalue weighted by Crippen LogP contribution is -2.10. The van der Waals surface area contributed by atoms with Crippen molar-refractivity contribution in [2.24, 2.45) is 0 Å². The van der Waals surface area contributed by atoms with Crippen molar-refractivity contribution in [2.45, 2.75) is 6.54 Å². The molecule has 2 aromatic carbocycles. The minimum atomic E-state index is -0.514. The van der Waals surface area contributed by atoms with E-state index in [1.807, 2.05) is 12.1 Å². The van der Waals surface area contributed by atoms with Crippen molar-refractivity contribution in [1.29, 1.82) is 0 Å². The summed E-state index contributed by atoms with van der Waals surface area (Å²) in [5.74, 6) is 0.197. The van der Waals surface area contributed by atoms with Gasteiger partial charge in [0, 0.05) is 37.3 Å². The maximum Gasteiger partial charge on any atom is 0.359 e. The lowest BCUT2D eigenvalue weighted by molar-refractivity contribution is 0.0596. The molecule has 154 valence electrons. The fraction of sp³-hybridized carbons (Fsp3) is 0.200. The summed E-state index contributed by atoms with van der Waals surface area (Å²) in [6.45, 7) is 0.339. The molecule has 30 heavy (non-hydrogen) atoms. The van der Waals surface area contributed by atoms with Crippen molar-refractivity contribution in [1.82, 2.24) is 20.3 Å². The van der Waals surface area contributed by atoms with Gasteiger partial charge in [-0.05, 0) is 29.4 Å². The van der Waals surface area contributed by atoms with Crippen LogP contribution in [0.4, 0.5) is 11.6 Å². The number of nitrogens with zero attached hydrogens (tertiary/aromatic N) is 4. The molecule has 0 amide bonds. The number of hydrogen-bond donors (Lipinski definition) is 3. The minimum absolute atomic E-state index is 0.0543. The third kappa shape index (κ3) is 3.50. The van der Waals surface area contributed by atoms with Gasteiger partial charge < -0.3 is 24.6 Å². The fourth-order valence-corrected chi connectivity index (χ4v) is 2.99. The Labute approximate surface area is 171 Å². The number of carbonyl (C=O) groups is 1. The Morgan fingerprint density at radius 2 is 2.13 bits per heavy atom. The second-order valence-corrected chi connectivity index (χ2v) is 6.78. The Bertz CT molecular complexity index is 1210. The summed E-state index contributed by atoms with van der Waals surface area (Å²) in [5, 5.41) is 25.3. The normalized spacial score (nSPS) is 10.9. The molecule has 0 fully saturated rings. The Morgan fingerprint density at radius 1 is 1.30 bits per heavy atom. The number of anilines is 2. The monoisotopic (exact) mass is 408 g/mol. The third-order valence-corrected chi connectivity index (χ3v) is 4.59. The minimum Gasteiger partial charge on any atom is -0.507 e. The molecule has 2 heterocycles. The summed E-state index contributed by atoms with van der Waals surface area (Å²) >= 11 is 0. The van der Waals surface area contributed by atoms with Crippen LogP contribution in [0, 0.1) is 0 Å². The van der Waals surface area contributed by atoms with E-state index in [-0.39, 0.29) is 17.3 Å². The highest BCUT2D eigenvalue weighted by Crippen LogP contribution is 2.32. The average Bonchev–Trinajstić information content (AvgIpc) is 3.39. The number of H-pyrrole nitrogens is 1. The Balaban J connectivity index is 1.57. The molecule has 0 bridgehead atoms. The smallest absolute Gasteiger partial charge is 0.359 e. The lowest BCUT2D eigenvalue weighted by atomic mass is 10.1. The summed E-state index contributed by atoms with van der Waals surface area (Å²) in [6, 6.07) is 10.8.